The number of rotatable bonds is 4. The fraction of sp³-hybridized carbons (Fsp3) is 0.571. The Bertz CT molecular complexity index is 315. The van der Waals surface area contributed by atoms with E-state index in [1.165, 1.54) is 0 Å². The van der Waals surface area contributed by atoms with E-state index in [2.05, 4.69) is 48.0 Å². The van der Waals surface area contributed by atoms with Gasteiger partial charge >= 0.3 is 0 Å². The monoisotopic (exact) mass is 306 g/mol. The summed E-state index contributed by atoms with van der Waals surface area (Å²) in [5.41, 5.74) is 0. The maximum Gasteiger partial charge on any atom is 0.218 e. The Kier molecular flexibility index (Phi) is 4.39. The van der Waals surface area contributed by atoms with Crippen LogP contribution >= 0.6 is 31.9 Å². The van der Waals surface area contributed by atoms with Gasteiger partial charge in [0, 0.05) is 13.0 Å². The number of aryl methyl sites for hydroxylation is 1. The number of nitriles is 1. The maximum absolute atomic E-state index is 8.32. The molecule has 0 N–H and O–H groups in total. The first kappa shape index (κ1) is 10.7. The summed E-state index contributed by atoms with van der Waals surface area (Å²) in [6, 6.07) is 2.11. The van der Waals surface area contributed by atoms with E-state index in [9.17, 15) is 0 Å². The first-order valence-corrected chi connectivity index (χ1v) is 5.45. The van der Waals surface area contributed by atoms with Crippen molar-refractivity contribution < 1.29 is 0 Å². The molecule has 0 bridgehead atoms. The third kappa shape index (κ3) is 3.44. The molecule has 1 rings (SSSR count). The van der Waals surface area contributed by atoms with Crippen molar-refractivity contribution in [2.45, 2.75) is 25.8 Å². The third-order valence-electron chi connectivity index (χ3n) is 1.51. The lowest BCUT2D eigenvalue weighted by Gasteiger charge is -1.98. The molecule has 1 aromatic heterocycles. The van der Waals surface area contributed by atoms with E-state index in [1.807, 2.05) is 0 Å². The van der Waals surface area contributed by atoms with Crippen LogP contribution in [0.5, 0.6) is 0 Å². The number of aromatic nitrogens is 3. The first-order valence-electron chi connectivity index (χ1n) is 3.87. The van der Waals surface area contributed by atoms with Crippen LogP contribution in [-0.2, 0) is 6.54 Å². The van der Waals surface area contributed by atoms with Gasteiger partial charge < -0.3 is 0 Å². The molecule has 1 aromatic rings. The molecule has 0 atom stereocenters. The van der Waals surface area contributed by atoms with Crippen LogP contribution < -0.4 is 0 Å². The summed E-state index contributed by atoms with van der Waals surface area (Å²) < 4.78 is 3.07. The summed E-state index contributed by atoms with van der Waals surface area (Å²) in [4.78, 5) is 4.03. The Morgan fingerprint density at radius 1 is 1.38 bits per heavy atom. The number of hydrogen-bond acceptors (Lipinski definition) is 3. The van der Waals surface area contributed by atoms with Crippen molar-refractivity contribution in [2.75, 3.05) is 0 Å². The highest BCUT2D eigenvalue weighted by Gasteiger charge is 2.03. The Balaban J connectivity index is 2.37. The van der Waals surface area contributed by atoms with E-state index in [4.69, 9.17) is 5.26 Å². The molecule has 0 aliphatic heterocycles. The van der Waals surface area contributed by atoms with Gasteiger partial charge in [-0.25, -0.2) is 4.68 Å². The fourth-order valence-electron chi connectivity index (χ4n) is 0.905. The van der Waals surface area contributed by atoms with E-state index < -0.39 is 0 Å². The van der Waals surface area contributed by atoms with Gasteiger partial charge in [-0.05, 0) is 44.7 Å². The normalized spacial score (nSPS) is 9.92. The smallest absolute Gasteiger partial charge is 0.218 e. The zero-order valence-electron chi connectivity index (χ0n) is 6.87. The van der Waals surface area contributed by atoms with Gasteiger partial charge in [-0.2, -0.15) is 10.2 Å². The first-order chi connectivity index (χ1) is 6.24. The van der Waals surface area contributed by atoms with Gasteiger partial charge in [0.05, 0.1) is 6.07 Å². The van der Waals surface area contributed by atoms with Gasteiger partial charge in [0.2, 0.25) is 4.73 Å². The minimum absolute atomic E-state index is 0.583. The lowest BCUT2D eigenvalue weighted by molar-refractivity contribution is 0.549. The van der Waals surface area contributed by atoms with Crippen molar-refractivity contribution in [3.63, 3.8) is 0 Å². The largest absolute Gasteiger partial charge is 0.239 e. The van der Waals surface area contributed by atoms with Gasteiger partial charge in [-0.15, -0.1) is 5.10 Å². The minimum Gasteiger partial charge on any atom is -0.239 e. The minimum atomic E-state index is 0.583. The third-order valence-corrected chi connectivity index (χ3v) is 2.43. The lowest BCUT2D eigenvalue weighted by Crippen LogP contribution is -2.00. The molecule has 0 saturated carbocycles. The molecule has 0 aliphatic carbocycles. The molecule has 0 aromatic carbocycles. The summed E-state index contributed by atoms with van der Waals surface area (Å²) in [6.45, 7) is 0.793. The summed E-state index contributed by atoms with van der Waals surface area (Å²) in [6.07, 6.45) is 2.45. The molecule has 13 heavy (non-hydrogen) atoms. The van der Waals surface area contributed by atoms with Crippen LogP contribution in [0.1, 0.15) is 19.3 Å². The Morgan fingerprint density at radius 2 is 2.15 bits per heavy atom. The topological polar surface area (TPSA) is 54.5 Å². The van der Waals surface area contributed by atoms with Gasteiger partial charge in [0.15, 0.2) is 4.73 Å². The number of unbranched alkanes of at least 4 members (excludes halogenated alkanes) is 2. The zero-order valence-corrected chi connectivity index (χ0v) is 10.0. The average Bonchev–Trinajstić information content (AvgIpc) is 2.39. The highest BCUT2D eigenvalue weighted by atomic mass is 79.9. The molecule has 0 aliphatic rings. The highest BCUT2D eigenvalue weighted by molar-refractivity contribution is 9.11. The molecular formula is C7H8Br2N4. The molecule has 0 amide bonds. The van der Waals surface area contributed by atoms with Crippen LogP contribution in [0, 0.1) is 11.3 Å². The van der Waals surface area contributed by atoms with Crippen LogP contribution in [0.25, 0.3) is 0 Å². The van der Waals surface area contributed by atoms with Crippen molar-refractivity contribution in [2.24, 2.45) is 0 Å². The standard InChI is InChI=1S/C7H8Br2N4/c8-6-11-7(9)13(12-6)5-3-1-2-4-10/h1-3,5H2. The van der Waals surface area contributed by atoms with Crippen LogP contribution in [0.15, 0.2) is 9.47 Å². The molecule has 6 heteroatoms. The van der Waals surface area contributed by atoms with E-state index in [1.54, 1.807) is 4.68 Å². The van der Waals surface area contributed by atoms with E-state index in [0.29, 0.717) is 11.2 Å². The summed E-state index contributed by atoms with van der Waals surface area (Å²) >= 11 is 6.46. The second-order valence-corrected chi connectivity index (χ2v) is 3.91. The number of hydrogen-bond donors (Lipinski definition) is 0. The fourth-order valence-corrected chi connectivity index (χ4v) is 1.93. The molecule has 0 spiro atoms. The van der Waals surface area contributed by atoms with Crippen molar-refractivity contribution in [1.29, 1.82) is 5.26 Å². The molecule has 70 valence electrons. The van der Waals surface area contributed by atoms with Crippen LogP contribution in [0.3, 0.4) is 0 Å². The van der Waals surface area contributed by atoms with E-state index in [0.717, 1.165) is 24.1 Å². The zero-order chi connectivity index (χ0) is 9.68. The highest BCUT2D eigenvalue weighted by Crippen LogP contribution is 2.12. The van der Waals surface area contributed by atoms with Gasteiger partial charge in [-0.1, -0.05) is 0 Å². The van der Waals surface area contributed by atoms with Crippen LogP contribution in [-0.4, -0.2) is 14.8 Å². The van der Waals surface area contributed by atoms with E-state index >= 15 is 0 Å². The molecule has 4 nitrogen and oxygen atoms in total. The van der Waals surface area contributed by atoms with E-state index in [-0.39, 0.29) is 0 Å². The summed E-state index contributed by atoms with van der Waals surface area (Å²) in [5.74, 6) is 0. The van der Waals surface area contributed by atoms with Gasteiger partial charge in [-0.3, -0.25) is 0 Å². The molecule has 0 fully saturated rings. The lowest BCUT2D eigenvalue weighted by atomic mass is 10.2. The Morgan fingerprint density at radius 3 is 2.69 bits per heavy atom. The van der Waals surface area contributed by atoms with Crippen LogP contribution in [0.2, 0.25) is 0 Å². The second kappa shape index (κ2) is 5.35. The molecular weight excluding hydrogens is 300 g/mol. The van der Waals surface area contributed by atoms with Gasteiger partial charge in [0.25, 0.3) is 0 Å². The van der Waals surface area contributed by atoms with Gasteiger partial charge in [0.1, 0.15) is 0 Å². The number of halogens is 2. The molecule has 1 heterocycles. The predicted molar refractivity (Wildman–Crippen MR) is 54.9 cm³/mol. The SMILES string of the molecule is N#CCCCCn1nc(Br)nc1Br. The van der Waals surface area contributed by atoms with Crippen molar-refractivity contribution >= 4 is 31.9 Å². The second-order valence-electron chi connectivity index (χ2n) is 2.49. The number of nitrogens with zero attached hydrogens (tertiary/aromatic N) is 4. The predicted octanol–water partition coefficient (Wildman–Crippen LogP) is 2.50. The average molecular weight is 308 g/mol. The van der Waals surface area contributed by atoms with Crippen molar-refractivity contribution in [3.8, 4) is 6.07 Å². The summed E-state index contributed by atoms with van der Waals surface area (Å²) in [7, 11) is 0. The van der Waals surface area contributed by atoms with Crippen molar-refractivity contribution in [3.05, 3.63) is 9.47 Å². The molecule has 0 saturated heterocycles. The molecule has 0 unspecified atom stereocenters. The maximum atomic E-state index is 8.32. The Hall–Kier alpha value is -0.410. The van der Waals surface area contributed by atoms with Crippen LogP contribution in [0.4, 0.5) is 0 Å². The Labute approximate surface area is 93.2 Å². The molecule has 0 radical (unpaired) electrons. The quantitative estimate of drug-likeness (QED) is 0.803. The van der Waals surface area contributed by atoms with Crippen molar-refractivity contribution in [1.82, 2.24) is 14.8 Å². The summed E-state index contributed by atoms with van der Waals surface area (Å²) in [5, 5.41) is 12.4.